The zero-order chi connectivity index (χ0) is 70.9. The normalized spacial score (nSPS) is 14.8. The van der Waals surface area contributed by atoms with Gasteiger partial charge in [0.2, 0.25) is 0 Å². The van der Waals surface area contributed by atoms with E-state index in [4.69, 9.17) is 32.3 Å². The van der Waals surface area contributed by atoms with Crippen LogP contribution in [-0.2, 0) is 55.8 Å². The Morgan fingerprint density at radius 1 is 0.299 bits per heavy atom. The number of aliphatic hydroxyl groups is 2. The number of hydrogen-bond acceptors (Lipinski definition) is 14. The number of carbonyl (C=O) groups excluding carboxylic acids is 3. The van der Waals surface area contributed by atoms with Gasteiger partial charge in [-0.2, -0.15) is 0 Å². The lowest BCUT2D eigenvalue weighted by Gasteiger charge is -2.21. The summed E-state index contributed by atoms with van der Waals surface area (Å²) in [6.07, 6.45) is 85.1. The summed E-state index contributed by atoms with van der Waals surface area (Å²) in [5.41, 5.74) is 0. The second kappa shape index (κ2) is 71.5. The number of esters is 3. The molecule has 0 aromatic carbocycles. The van der Waals surface area contributed by atoms with Gasteiger partial charge in [-0.25, -0.2) is 9.13 Å². The molecular formula is C79H134O16P2. The summed E-state index contributed by atoms with van der Waals surface area (Å²) in [6, 6.07) is 0. The van der Waals surface area contributed by atoms with Gasteiger partial charge in [-0.3, -0.25) is 32.5 Å². The number of ether oxygens (including phenoxy) is 3. The molecule has 0 aliphatic heterocycles. The molecule has 18 heteroatoms. The van der Waals surface area contributed by atoms with Crippen LogP contribution in [0.3, 0.4) is 0 Å². The van der Waals surface area contributed by atoms with E-state index < -0.39 is 91.5 Å². The fraction of sp³-hybridized carbons (Fsp3) is 0.684. The van der Waals surface area contributed by atoms with Crippen LogP contribution >= 0.6 is 15.6 Å². The Hall–Kier alpha value is -4.31. The summed E-state index contributed by atoms with van der Waals surface area (Å²) in [5.74, 6) is -1.63. The Morgan fingerprint density at radius 3 is 0.866 bits per heavy atom. The van der Waals surface area contributed by atoms with Crippen molar-refractivity contribution in [3.63, 3.8) is 0 Å². The predicted molar refractivity (Wildman–Crippen MR) is 399 cm³/mol. The van der Waals surface area contributed by atoms with Crippen molar-refractivity contribution in [3.8, 4) is 0 Å². The molecule has 556 valence electrons. The maximum absolute atomic E-state index is 12.9. The van der Waals surface area contributed by atoms with Crippen molar-refractivity contribution in [2.24, 2.45) is 0 Å². The number of allylic oxidation sites excluding steroid dienone is 22. The van der Waals surface area contributed by atoms with E-state index in [1.54, 1.807) is 0 Å². The Labute approximate surface area is 588 Å². The van der Waals surface area contributed by atoms with Crippen LogP contribution in [0.2, 0.25) is 0 Å². The van der Waals surface area contributed by atoms with E-state index in [1.807, 2.05) is 0 Å². The van der Waals surface area contributed by atoms with Crippen LogP contribution < -0.4 is 0 Å². The molecule has 0 spiro atoms. The quantitative estimate of drug-likeness (QED) is 0.0146. The monoisotopic (exact) mass is 1400 g/mol. The zero-order valence-corrected chi connectivity index (χ0v) is 62.2. The van der Waals surface area contributed by atoms with E-state index >= 15 is 0 Å². The first kappa shape index (κ1) is 92.7. The topological polar surface area (TPSA) is 231 Å². The lowest BCUT2D eigenvalue weighted by Crippen LogP contribution is -2.30. The molecule has 0 aromatic rings. The van der Waals surface area contributed by atoms with Gasteiger partial charge in [0.1, 0.15) is 25.4 Å². The van der Waals surface area contributed by atoms with Gasteiger partial charge in [0.25, 0.3) is 0 Å². The van der Waals surface area contributed by atoms with Gasteiger partial charge in [0, 0.05) is 19.3 Å². The van der Waals surface area contributed by atoms with Gasteiger partial charge < -0.3 is 34.2 Å². The zero-order valence-electron chi connectivity index (χ0n) is 60.5. The average molecular weight is 1400 g/mol. The third kappa shape index (κ3) is 72.8. The molecule has 0 radical (unpaired) electrons. The molecule has 0 heterocycles. The Bertz CT molecular complexity index is 2300. The Morgan fingerprint density at radius 2 is 0.546 bits per heavy atom. The van der Waals surface area contributed by atoms with Crippen molar-refractivity contribution in [2.45, 2.75) is 309 Å². The molecule has 0 bridgehead atoms. The van der Waals surface area contributed by atoms with E-state index in [1.165, 1.54) is 83.5 Å². The van der Waals surface area contributed by atoms with Crippen molar-refractivity contribution in [3.05, 3.63) is 134 Å². The first-order valence-electron chi connectivity index (χ1n) is 37.5. The molecule has 0 saturated carbocycles. The summed E-state index contributed by atoms with van der Waals surface area (Å²) >= 11 is 0. The summed E-state index contributed by atoms with van der Waals surface area (Å²) in [5, 5.41) is 20.6. The lowest BCUT2D eigenvalue weighted by molar-refractivity contribution is -0.161. The third-order valence-corrected chi connectivity index (χ3v) is 17.2. The summed E-state index contributed by atoms with van der Waals surface area (Å²) in [4.78, 5) is 58.5. The van der Waals surface area contributed by atoms with E-state index in [-0.39, 0.29) is 19.3 Å². The highest BCUT2D eigenvalue weighted by atomic mass is 31.2. The van der Waals surface area contributed by atoms with Crippen LogP contribution in [0.15, 0.2) is 134 Å². The average Bonchev–Trinajstić information content (AvgIpc) is 1.63. The molecule has 0 saturated heterocycles. The maximum atomic E-state index is 12.9. The molecule has 0 aliphatic carbocycles. The highest BCUT2D eigenvalue weighted by Gasteiger charge is 2.29. The van der Waals surface area contributed by atoms with Crippen molar-refractivity contribution in [1.29, 1.82) is 0 Å². The number of aliphatic hydroxyl groups excluding tert-OH is 2. The van der Waals surface area contributed by atoms with Crippen LogP contribution in [0.4, 0.5) is 0 Å². The second-order valence-corrected chi connectivity index (χ2v) is 27.6. The van der Waals surface area contributed by atoms with Crippen LogP contribution in [0.5, 0.6) is 0 Å². The smallest absolute Gasteiger partial charge is 0.463 e. The predicted octanol–water partition coefficient (Wildman–Crippen LogP) is 21.5. The van der Waals surface area contributed by atoms with Crippen LogP contribution in [0.1, 0.15) is 290 Å². The molecule has 0 fully saturated rings. The van der Waals surface area contributed by atoms with Crippen LogP contribution in [0, 0.1) is 0 Å². The minimum Gasteiger partial charge on any atom is -0.463 e. The van der Waals surface area contributed by atoms with E-state index in [0.29, 0.717) is 19.3 Å². The SMILES string of the molecule is CC/C=C\C/C=C\C/C=C\C/C=C\CCCCCCC(=O)OCC(COP(=O)(O)OCC(O)COP(=O)(O)OCC(O)COC(=O)CCCCCCCCCCCCCCC/C=C\C/C=C\C/C=C\C/C=C\CCCCC)OC(=O)CCCCCCC/C=C\C/C=C\C/C=C\CC. The van der Waals surface area contributed by atoms with E-state index in [2.05, 4.69) is 154 Å². The van der Waals surface area contributed by atoms with Gasteiger partial charge in [0.05, 0.1) is 26.4 Å². The first-order chi connectivity index (χ1) is 47.2. The Balaban J connectivity index is 4.53. The fourth-order valence-electron chi connectivity index (χ4n) is 9.68. The van der Waals surface area contributed by atoms with Crippen LogP contribution in [-0.4, -0.2) is 95.9 Å². The standard InChI is InChI=1S/C79H134O16P2/c1-4-7-10-13-16-19-22-25-28-30-31-32-33-34-35-36-37-38-39-40-41-43-46-47-50-53-56-59-62-65-77(82)89-68-74(80)69-91-96(85,86)92-70-75(81)71-93-97(87,88)94-73-76(95-79(84)67-64-61-58-55-52-49-44-27-24-21-18-15-12-9-6-3)72-90-78(83)66-63-60-57-54-51-48-45-42-29-26-23-20-17-14-11-8-5-2/h8-9,11-12,16-21,25-29,31-32,34-35,44-45,48,74-76,80-81H,4-7,10,13-15,22-24,30,33,36-43,46-47,49-73H2,1-3H3,(H,85,86)(H,87,88)/b11-8-,12-9-,19-16-,20-17-,21-18-,28-25-,29-26-,32-31-,35-34-,44-27-,48-45-. The second-order valence-electron chi connectivity index (χ2n) is 24.7. The summed E-state index contributed by atoms with van der Waals surface area (Å²) < 4.78 is 61.0. The molecule has 4 N–H and O–H groups in total. The minimum atomic E-state index is -4.94. The highest BCUT2D eigenvalue weighted by molar-refractivity contribution is 7.47. The van der Waals surface area contributed by atoms with Crippen molar-refractivity contribution >= 4 is 33.6 Å². The van der Waals surface area contributed by atoms with Crippen molar-refractivity contribution in [2.75, 3.05) is 39.6 Å². The number of rotatable bonds is 70. The maximum Gasteiger partial charge on any atom is 0.472 e. The molecule has 0 aliphatic rings. The summed E-state index contributed by atoms with van der Waals surface area (Å²) in [6.45, 7) is 2.37. The molecule has 0 amide bonds. The number of carbonyl (C=O) groups is 3. The van der Waals surface area contributed by atoms with E-state index in [9.17, 15) is 43.5 Å². The molecule has 97 heavy (non-hydrogen) atoms. The largest absolute Gasteiger partial charge is 0.472 e. The first-order valence-corrected chi connectivity index (χ1v) is 40.5. The van der Waals surface area contributed by atoms with Gasteiger partial charge in [-0.05, 0) is 135 Å². The van der Waals surface area contributed by atoms with Gasteiger partial charge >= 0.3 is 33.6 Å². The van der Waals surface area contributed by atoms with Gasteiger partial charge in [-0.15, -0.1) is 0 Å². The number of phosphoric acid groups is 2. The van der Waals surface area contributed by atoms with Gasteiger partial charge in [-0.1, -0.05) is 270 Å². The molecule has 5 unspecified atom stereocenters. The minimum absolute atomic E-state index is 0.0760. The number of hydrogen-bond donors (Lipinski definition) is 4. The Kier molecular flexibility index (Phi) is 68.3. The fourth-order valence-corrected chi connectivity index (χ4v) is 11.3. The third-order valence-electron chi connectivity index (χ3n) is 15.3. The molecular weight excluding hydrogens is 1270 g/mol. The number of phosphoric ester groups is 2. The van der Waals surface area contributed by atoms with E-state index in [0.717, 1.165) is 148 Å². The lowest BCUT2D eigenvalue weighted by atomic mass is 10.0. The molecule has 0 aromatic heterocycles. The molecule has 5 atom stereocenters. The summed E-state index contributed by atoms with van der Waals surface area (Å²) in [7, 11) is -9.80. The molecule has 0 rings (SSSR count). The number of unbranched alkanes of at least 4 members (excludes halogenated alkanes) is 25. The van der Waals surface area contributed by atoms with Crippen molar-refractivity contribution < 1.29 is 75.8 Å². The van der Waals surface area contributed by atoms with Crippen molar-refractivity contribution in [1.82, 2.24) is 0 Å². The molecule has 16 nitrogen and oxygen atoms in total. The van der Waals surface area contributed by atoms with Crippen LogP contribution in [0.25, 0.3) is 0 Å². The van der Waals surface area contributed by atoms with Gasteiger partial charge in [0.15, 0.2) is 6.10 Å². The highest BCUT2D eigenvalue weighted by Crippen LogP contribution is 2.45.